The van der Waals surface area contributed by atoms with Crippen LogP contribution in [0.15, 0.2) is 42.6 Å². The third-order valence-corrected chi connectivity index (χ3v) is 4.25. The lowest BCUT2D eigenvalue weighted by atomic mass is 10.2. The van der Waals surface area contributed by atoms with Gasteiger partial charge < -0.3 is 19.9 Å². The Labute approximate surface area is 156 Å². The molecule has 1 aromatic carbocycles. The van der Waals surface area contributed by atoms with E-state index in [2.05, 4.69) is 15.2 Å². The van der Waals surface area contributed by atoms with Crippen molar-refractivity contribution in [2.75, 3.05) is 43.0 Å². The smallest absolute Gasteiger partial charge is 0.409 e. The van der Waals surface area contributed by atoms with Crippen LogP contribution in [0.5, 0.6) is 0 Å². The van der Waals surface area contributed by atoms with E-state index in [0.717, 1.165) is 5.69 Å². The minimum Gasteiger partial charge on any atom is -0.450 e. The van der Waals surface area contributed by atoms with Gasteiger partial charge in [0.15, 0.2) is 0 Å². The predicted molar refractivity (Wildman–Crippen MR) is 99.4 cm³/mol. The summed E-state index contributed by atoms with van der Waals surface area (Å²) in [6.07, 6.45) is 1.38. The molecule has 142 valence electrons. The summed E-state index contributed by atoms with van der Waals surface area (Å²) in [5.74, 6) is -0.496. The fraction of sp³-hybridized carbons (Fsp3) is 0.316. The van der Waals surface area contributed by atoms with Gasteiger partial charge in [-0.15, -0.1) is 0 Å². The molecule has 7 nitrogen and oxygen atoms in total. The van der Waals surface area contributed by atoms with Crippen molar-refractivity contribution in [3.05, 3.63) is 54.0 Å². The molecule has 1 aromatic heterocycles. The Kier molecular flexibility index (Phi) is 5.85. The largest absolute Gasteiger partial charge is 0.450 e. The molecule has 0 bridgehead atoms. The van der Waals surface area contributed by atoms with E-state index in [0.29, 0.717) is 38.6 Å². The SMILES string of the molecule is CCOC(=O)N1CCN(c2ccc(NC(=O)c3cccc(F)c3)nc2)CC1. The van der Waals surface area contributed by atoms with E-state index in [9.17, 15) is 14.0 Å². The number of ether oxygens (including phenoxy) is 1. The van der Waals surface area contributed by atoms with Crippen molar-refractivity contribution in [3.8, 4) is 0 Å². The third-order valence-electron chi connectivity index (χ3n) is 4.25. The summed E-state index contributed by atoms with van der Waals surface area (Å²) >= 11 is 0. The van der Waals surface area contributed by atoms with Crippen molar-refractivity contribution >= 4 is 23.5 Å². The number of anilines is 2. The van der Waals surface area contributed by atoms with Crippen molar-refractivity contribution in [2.45, 2.75) is 6.92 Å². The lowest BCUT2D eigenvalue weighted by molar-refractivity contribution is 0.102. The quantitative estimate of drug-likeness (QED) is 0.893. The number of halogens is 1. The number of nitrogens with one attached hydrogen (secondary N) is 1. The number of piperazine rings is 1. The third kappa shape index (κ3) is 4.72. The lowest BCUT2D eigenvalue weighted by Gasteiger charge is -2.35. The average molecular weight is 372 g/mol. The van der Waals surface area contributed by atoms with Gasteiger partial charge in [-0.3, -0.25) is 4.79 Å². The molecule has 0 spiro atoms. The summed E-state index contributed by atoms with van der Waals surface area (Å²) in [6.45, 7) is 4.67. The minimum atomic E-state index is -0.465. The second kappa shape index (κ2) is 8.48. The first-order valence-corrected chi connectivity index (χ1v) is 8.76. The molecule has 3 rings (SSSR count). The van der Waals surface area contributed by atoms with Crippen molar-refractivity contribution in [2.24, 2.45) is 0 Å². The van der Waals surface area contributed by atoms with Gasteiger partial charge in [0.2, 0.25) is 0 Å². The lowest BCUT2D eigenvalue weighted by Crippen LogP contribution is -2.49. The van der Waals surface area contributed by atoms with E-state index >= 15 is 0 Å². The Bertz CT molecular complexity index is 805. The summed E-state index contributed by atoms with van der Waals surface area (Å²) in [7, 11) is 0. The van der Waals surface area contributed by atoms with Gasteiger partial charge in [-0.1, -0.05) is 6.07 Å². The van der Waals surface area contributed by atoms with Gasteiger partial charge in [0.05, 0.1) is 18.5 Å². The number of benzene rings is 1. The predicted octanol–water partition coefficient (Wildman–Crippen LogP) is 2.75. The minimum absolute atomic E-state index is 0.232. The molecule has 1 saturated heterocycles. The molecular weight excluding hydrogens is 351 g/mol. The molecule has 2 heterocycles. The second-order valence-electron chi connectivity index (χ2n) is 6.04. The first-order valence-electron chi connectivity index (χ1n) is 8.76. The number of nitrogens with zero attached hydrogens (tertiary/aromatic N) is 3. The fourth-order valence-corrected chi connectivity index (χ4v) is 2.83. The highest BCUT2D eigenvalue weighted by atomic mass is 19.1. The summed E-state index contributed by atoms with van der Waals surface area (Å²) in [6, 6.07) is 9.03. The Morgan fingerprint density at radius 2 is 1.96 bits per heavy atom. The van der Waals surface area contributed by atoms with Crippen molar-refractivity contribution < 1.29 is 18.7 Å². The summed E-state index contributed by atoms with van der Waals surface area (Å²) in [4.78, 5) is 31.9. The van der Waals surface area contributed by atoms with E-state index in [1.54, 1.807) is 24.1 Å². The first kappa shape index (κ1) is 18.6. The van der Waals surface area contributed by atoms with Gasteiger partial charge in [-0.05, 0) is 37.3 Å². The number of amides is 2. The molecule has 0 aliphatic carbocycles. The van der Waals surface area contributed by atoms with E-state index in [1.807, 2.05) is 6.07 Å². The number of carbonyl (C=O) groups is 2. The van der Waals surface area contributed by atoms with Gasteiger partial charge >= 0.3 is 6.09 Å². The van der Waals surface area contributed by atoms with Crippen LogP contribution < -0.4 is 10.2 Å². The van der Waals surface area contributed by atoms with E-state index < -0.39 is 11.7 Å². The van der Waals surface area contributed by atoms with Crippen molar-refractivity contribution in [1.29, 1.82) is 0 Å². The average Bonchev–Trinajstić information content (AvgIpc) is 2.69. The second-order valence-corrected chi connectivity index (χ2v) is 6.04. The van der Waals surface area contributed by atoms with E-state index in [4.69, 9.17) is 4.74 Å². The molecule has 0 unspecified atom stereocenters. The van der Waals surface area contributed by atoms with Crippen molar-refractivity contribution in [3.63, 3.8) is 0 Å². The monoisotopic (exact) mass is 372 g/mol. The molecule has 0 radical (unpaired) electrons. The molecule has 1 aliphatic heterocycles. The number of hydrogen-bond donors (Lipinski definition) is 1. The van der Waals surface area contributed by atoms with Gasteiger partial charge in [0.1, 0.15) is 11.6 Å². The first-order chi connectivity index (χ1) is 13.1. The van der Waals surface area contributed by atoms with Crippen LogP contribution in [0, 0.1) is 5.82 Å². The summed E-state index contributed by atoms with van der Waals surface area (Å²) in [5.41, 5.74) is 1.14. The van der Waals surface area contributed by atoms with Crippen molar-refractivity contribution in [1.82, 2.24) is 9.88 Å². The van der Waals surface area contributed by atoms with Crippen LogP contribution in [0.3, 0.4) is 0 Å². The Balaban J connectivity index is 1.56. The normalized spacial score (nSPS) is 14.0. The number of carbonyl (C=O) groups excluding carboxylic acids is 2. The Morgan fingerprint density at radius 3 is 2.59 bits per heavy atom. The molecule has 27 heavy (non-hydrogen) atoms. The molecular formula is C19H21FN4O3. The molecule has 0 atom stereocenters. The number of rotatable bonds is 4. The summed E-state index contributed by atoms with van der Waals surface area (Å²) in [5, 5.41) is 2.65. The fourth-order valence-electron chi connectivity index (χ4n) is 2.83. The highest BCUT2D eigenvalue weighted by Crippen LogP contribution is 2.18. The highest BCUT2D eigenvalue weighted by molar-refractivity contribution is 6.03. The zero-order chi connectivity index (χ0) is 19.2. The summed E-state index contributed by atoms with van der Waals surface area (Å²) < 4.78 is 18.2. The molecule has 0 saturated carbocycles. The highest BCUT2D eigenvalue weighted by Gasteiger charge is 2.22. The van der Waals surface area contributed by atoms with E-state index in [1.165, 1.54) is 24.3 Å². The topological polar surface area (TPSA) is 74.8 Å². The van der Waals surface area contributed by atoms with Gasteiger partial charge in [0.25, 0.3) is 5.91 Å². The maximum atomic E-state index is 13.2. The van der Waals surface area contributed by atoms with Crippen LogP contribution in [-0.2, 0) is 4.74 Å². The maximum Gasteiger partial charge on any atom is 0.409 e. The standard InChI is InChI=1S/C19H21FN4O3/c1-2-27-19(26)24-10-8-23(9-11-24)16-6-7-17(21-13-16)22-18(25)14-4-3-5-15(20)12-14/h3-7,12-13H,2,8-11H2,1H3,(H,21,22,25). The maximum absolute atomic E-state index is 13.2. The van der Waals surface area contributed by atoms with Crippen LogP contribution >= 0.6 is 0 Å². The molecule has 2 aromatic rings. The Morgan fingerprint density at radius 1 is 1.19 bits per heavy atom. The Hall–Kier alpha value is -3.16. The zero-order valence-electron chi connectivity index (χ0n) is 15.0. The van der Waals surface area contributed by atoms with Gasteiger partial charge in [-0.2, -0.15) is 0 Å². The number of pyridine rings is 1. The molecule has 8 heteroatoms. The van der Waals surface area contributed by atoms with Gasteiger partial charge in [0, 0.05) is 31.7 Å². The van der Waals surface area contributed by atoms with Crippen LogP contribution in [0.2, 0.25) is 0 Å². The van der Waals surface area contributed by atoms with Crippen LogP contribution in [-0.4, -0.2) is 54.7 Å². The molecule has 2 amide bonds. The van der Waals surface area contributed by atoms with Crippen LogP contribution in [0.1, 0.15) is 17.3 Å². The number of aromatic nitrogens is 1. The van der Waals surface area contributed by atoms with Crippen LogP contribution in [0.4, 0.5) is 20.7 Å². The van der Waals surface area contributed by atoms with Crippen LogP contribution in [0.25, 0.3) is 0 Å². The van der Waals surface area contributed by atoms with Gasteiger partial charge in [-0.25, -0.2) is 14.2 Å². The number of hydrogen-bond acceptors (Lipinski definition) is 5. The molecule has 1 fully saturated rings. The molecule has 1 aliphatic rings. The van der Waals surface area contributed by atoms with E-state index in [-0.39, 0.29) is 11.7 Å². The molecule has 1 N–H and O–H groups in total. The zero-order valence-corrected chi connectivity index (χ0v) is 15.0.